The molecule has 0 aliphatic carbocycles. The average Bonchev–Trinajstić information content (AvgIpc) is 2.44. The Bertz CT molecular complexity index is 628. The Hall–Kier alpha value is -1.81. The molecule has 0 bridgehead atoms. The predicted molar refractivity (Wildman–Crippen MR) is 80.9 cm³/mol. The third-order valence-corrected chi connectivity index (χ3v) is 3.49. The molecule has 1 amide bonds. The monoisotopic (exact) mass is 289 g/mol. The molecule has 4 heteroatoms. The van der Waals surface area contributed by atoms with E-state index in [1.165, 1.54) is 29.3 Å². The maximum absolute atomic E-state index is 13.1. The Morgan fingerprint density at radius 1 is 1.25 bits per heavy atom. The lowest BCUT2D eigenvalue weighted by Gasteiger charge is -2.08. The van der Waals surface area contributed by atoms with Crippen molar-refractivity contribution in [2.24, 2.45) is 0 Å². The number of amides is 1. The van der Waals surface area contributed by atoms with Gasteiger partial charge in [-0.25, -0.2) is 4.39 Å². The summed E-state index contributed by atoms with van der Waals surface area (Å²) in [6.45, 7) is 2.59. The molecule has 2 aromatic rings. The lowest BCUT2D eigenvalue weighted by molar-refractivity contribution is 0.0954. The molecular formula is C16H16FNOS. The number of nitrogens with one attached hydrogen (secondary N) is 1. The van der Waals surface area contributed by atoms with Crippen molar-refractivity contribution < 1.29 is 9.18 Å². The van der Waals surface area contributed by atoms with Gasteiger partial charge in [-0.2, -0.15) is 0 Å². The SMILES string of the molecule is Cc1ccccc1CCNC(=O)c1ccc(F)c(S)c1. The van der Waals surface area contributed by atoms with E-state index in [9.17, 15) is 9.18 Å². The first-order valence-corrected chi connectivity index (χ1v) is 6.84. The first-order chi connectivity index (χ1) is 9.58. The number of carbonyl (C=O) groups excluding carboxylic acids is 1. The molecule has 2 rings (SSSR count). The van der Waals surface area contributed by atoms with Crippen LogP contribution in [0.4, 0.5) is 4.39 Å². The number of carbonyl (C=O) groups is 1. The van der Waals surface area contributed by atoms with Crippen molar-refractivity contribution in [1.29, 1.82) is 0 Å². The highest BCUT2D eigenvalue weighted by atomic mass is 32.1. The van der Waals surface area contributed by atoms with Gasteiger partial charge in [0.2, 0.25) is 0 Å². The number of halogens is 1. The topological polar surface area (TPSA) is 29.1 Å². The van der Waals surface area contributed by atoms with Gasteiger partial charge in [0, 0.05) is 17.0 Å². The quantitative estimate of drug-likeness (QED) is 0.830. The van der Waals surface area contributed by atoms with Crippen molar-refractivity contribution >= 4 is 18.5 Å². The van der Waals surface area contributed by atoms with Crippen molar-refractivity contribution in [3.63, 3.8) is 0 Å². The van der Waals surface area contributed by atoms with E-state index >= 15 is 0 Å². The number of hydrogen-bond donors (Lipinski definition) is 2. The minimum Gasteiger partial charge on any atom is -0.352 e. The van der Waals surface area contributed by atoms with Crippen LogP contribution in [0.3, 0.4) is 0 Å². The van der Waals surface area contributed by atoms with Crippen molar-refractivity contribution in [3.8, 4) is 0 Å². The highest BCUT2D eigenvalue weighted by Crippen LogP contribution is 2.14. The number of benzene rings is 2. The van der Waals surface area contributed by atoms with Crippen molar-refractivity contribution in [1.82, 2.24) is 5.32 Å². The largest absolute Gasteiger partial charge is 0.352 e. The molecule has 0 aliphatic rings. The zero-order valence-electron chi connectivity index (χ0n) is 11.2. The molecule has 0 heterocycles. The van der Waals surface area contributed by atoms with Gasteiger partial charge < -0.3 is 5.32 Å². The third kappa shape index (κ3) is 3.61. The van der Waals surface area contributed by atoms with Crippen LogP contribution >= 0.6 is 12.6 Å². The third-order valence-electron chi connectivity index (χ3n) is 3.15. The van der Waals surface area contributed by atoms with Gasteiger partial charge in [0.1, 0.15) is 5.82 Å². The summed E-state index contributed by atoms with van der Waals surface area (Å²) in [5.41, 5.74) is 2.84. The first-order valence-electron chi connectivity index (χ1n) is 6.39. The summed E-state index contributed by atoms with van der Waals surface area (Å²) in [7, 11) is 0. The number of hydrogen-bond acceptors (Lipinski definition) is 2. The predicted octanol–water partition coefficient (Wildman–Crippen LogP) is 3.40. The molecule has 2 nitrogen and oxygen atoms in total. The van der Waals surface area contributed by atoms with Gasteiger partial charge in [0.05, 0.1) is 0 Å². The molecule has 0 aliphatic heterocycles. The van der Waals surface area contributed by atoms with Gasteiger partial charge >= 0.3 is 0 Å². The average molecular weight is 289 g/mol. The van der Waals surface area contributed by atoms with Crippen LogP contribution in [0, 0.1) is 12.7 Å². The Labute approximate surface area is 123 Å². The smallest absolute Gasteiger partial charge is 0.251 e. The van der Waals surface area contributed by atoms with Gasteiger partial charge in [-0.1, -0.05) is 24.3 Å². The molecule has 0 atom stereocenters. The molecule has 0 unspecified atom stereocenters. The first kappa shape index (κ1) is 14.6. The Morgan fingerprint density at radius 3 is 2.70 bits per heavy atom. The number of rotatable bonds is 4. The molecule has 2 aromatic carbocycles. The van der Waals surface area contributed by atoms with Gasteiger partial charge in [-0.15, -0.1) is 12.6 Å². The lowest BCUT2D eigenvalue weighted by atomic mass is 10.1. The fourth-order valence-electron chi connectivity index (χ4n) is 1.96. The second kappa shape index (κ2) is 6.57. The molecule has 104 valence electrons. The van der Waals surface area contributed by atoms with Gasteiger partial charge in [-0.3, -0.25) is 4.79 Å². The Balaban J connectivity index is 1.92. The fraction of sp³-hybridized carbons (Fsp3) is 0.188. The molecular weight excluding hydrogens is 273 g/mol. The molecule has 0 spiro atoms. The van der Waals surface area contributed by atoms with Crippen LogP contribution in [-0.4, -0.2) is 12.5 Å². The van der Waals surface area contributed by atoms with Crippen molar-refractivity contribution in [2.75, 3.05) is 6.54 Å². The Kier molecular flexibility index (Phi) is 4.79. The van der Waals surface area contributed by atoms with Crippen LogP contribution in [0.2, 0.25) is 0 Å². The van der Waals surface area contributed by atoms with Crippen LogP contribution in [-0.2, 0) is 6.42 Å². The van der Waals surface area contributed by atoms with Crippen LogP contribution in [0.5, 0.6) is 0 Å². The molecule has 0 fully saturated rings. The minimum absolute atomic E-state index is 0.177. The summed E-state index contributed by atoms with van der Waals surface area (Å²) >= 11 is 3.97. The second-order valence-electron chi connectivity index (χ2n) is 4.60. The number of aryl methyl sites for hydroxylation is 1. The molecule has 0 saturated carbocycles. The van der Waals surface area contributed by atoms with E-state index in [4.69, 9.17) is 0 Å². The van der Waals surface area contributed by atoms with E-state index < -0.39 is 5.82 Å². The molecule has 0 radical (unpaired) electrons. The molecule has 0 saturated heterocycles. The standard InChI is InChI=1S/C16H16FNOS/c1-11-4-2-3-5-12(11)8-9-18-16(19)13-6-7-14(17)15(20)10-13/h2-7,10,20H,8-9H2,1H3,(H,18,19). The maximum Gasteiger partial charge on any atom is 0.251 e. The highest BCUT2D eigenvalue weighted by molar-refractivity contribution is 7.80. The highest BCUT2D eigenvalue weighted by Gasteiger charge is 2.07. The van der Waals surface area contributed by atoms with Crippen LogP contribution in [0.25, 0.3) is 0 Å². The summed E-state index contributed by atoms with van der Waals surface area (Å²) in [6, 6.07) is 12.2. The minimum atomic E-state index is -0.426. The zero-order valence-corrected chi connectivity index (χ0v) is 12.1. The summed E-state index contributed by atoms with van der Waals surface area (Å²) < 4.78 is 13.1. The molecule has 20 heavy (non-hydrogen) atoms. The summed E-state index contributed by atoms with van der Waals surface area (Å²) in [4.78, 5) is 12.1. The van der Waals surface area contributed by atoms with Gasteiger partial charge in [-0.05, 0) is 42.7 Å². The van der Waals surface area contributed by atoms with Crippen LogP contribution in [0.1, 0.15) is 21.5 Å². The normalized spacial score (nSPS) is 10.3. The lowest BCUT2D eigenvalue weighted by Crippen LogP contribution is -2.25. The van der Waals surface area contributed by atoms with Gasteiger partial charge in [0.15, 0.2) is 0 Å². The van der Waals surface area contributed by atoms with E-state index in [2.05, 4.69) is 17.9 Å². The van der Waals surface area contributed by atoms with E-state index in [-0.39, 0.29) is 10.8 Å². The second-order valence-corrected chi connectivity index (χ2v) is 5.08. The number of thiol groups is 1. The maximum atomic E-state index is 13.1. The van der Waals surface area contributed by atoms with E-state index in [1.807, 2.05) is 31.2 Å². The molecule has 1 N–H and O–H groups in total. The molecule has 0 aromatic heterocycles. The summed E-state index contributed by atoms with van der Waals surface area (Å²) in [5.74, 6) is -0.640. The van der Waals surface area contributed by atoms with Crippen molar-refractivity contribution in [3.05, 3.63) is 65.0 Å². The van der Waals surface area contributed by atoms with Crippen molar-refractivity contribution in [2.45, 2.75) is 18.2 Å². The van der Waals surface area contributed by atoms with E-state index in [1.54, 1.807) is 0 Å². The van der Waals surface area contributed by atoms with Gasteiger partial charge in [0.25, 0.3) is 5.91 Å². The summed E-state index contributed by atoms with van der Waals surface area (Å²) in [5, 5.41) is 2.83. The Morgan fingerprint density at radius 2 is 2.00 bits per heavy atom. The zero-order chi connectivity index (χ0) is 14.5. The fourth-order valence-corrected chi connectivity index (χ4v) is 2.17. The summed E-state index contributed by atoms with van der Waals surface area (Å²) in [6.07, 6.45) is 0.771. The van der Waals surface area contributed by atoms with Crippen LogP contribution < -0.4 is 5.32 Å². The van der Waals surface area contributed by atoms with Crippen LogP contribution in [0.15, 0.2) is 47.4 Å². The van der Waals surface area contributed by atoms with E-state index in [0.29, 0.717) is 12.1 Å². The van der Waals surface area contributed by atoms with E-state index in [0.717, 1.165) is 6.42 Å².